The number of unbranched alkanes of at least 4 members (excludes halogenated alkanes) is 9. The molecule has 0 fully saturated rings. The van der Waals surface area contributed by atoms with E-state index in [0.29, 0.717) is 0 Å². The molecule has 0 heterocycles. The zero-order valence-corrected chi connectivity index (χ0v) is 18.5. The van der Waals surface area contributed by atoms with Crippen LogP contribution in [-0.2, 0) is 0 Å². The Bertz CT molecular complexity index is 573. The Morgan fingerprint density at radius 1 is 0.414 bits per heavy atom. The second kappa shape index (κ2) is 25.7. The van der Waals surface area contributed by atoms with Crippen LogP contribution in [0.25, 0.3) is 0 Å². The van der Waals surface area contributed by atoms with Gasteiger partial charge in [0, 0.05) is 0 Å². The second-order valence-corrected chi connectivity index (χ2v) is 6.93. The molecule has 0 aliphatic rings. The van der Waals surface area contributed by atoms with Gasteiger partial charge in [-0.2, -0.15) is 0 Å². The standard InChI is InChI=1S/C29H41/c1-3-5-7-9-11-13-15-17-19-21-23-25-27-29-28-26-24-22-20-18-16-14-12-10-8-6-4-2/h1,3,5,7,9,11,13,15,17,19,21,23-29H,4,6,8,10,12,14,16,18,20,22H2,2H3/b3-1?,7-5+,11-9+,15-13+,19-17+,23-21+,26-24+,27-25+,29-28+. The minimum absolute atomic E-state index is 1.19. The molecule has 0 unspecified atom stereocenters. The molecule has 0 aromatic heterocycles. The molecule has 0 saturated heterocycles. The van der Waals surface area contributed by atoms with Gasteiger partial charge in [0.15, 0.2) is 0 Å². The Kier molecular flexibility index (Phi) is 23.6. The van der Waals surface area contributed by atoms with Gasteiger partial charge in [-0.3, -0.25) is 0 Å². The van der Waals surface area contributed by atoms with Gasteiger partial charge in [0.05, 0.1) is 0 Å². The first-order valence-electron chi connectivity index (χ1n) is 11.3. The topological polar surface area (TPSA) is 0 Å². The van der Waals surface area contributed by atoms with Gasteiger partial charge in [-0.1, -0.05) is 168 Å². The van der Waals surface area contributed by atoms with Gasteiger partial charge in [-0.05, 0) is 12.8 Å². The van der Waals surface area contributed by atoms with Crippen LogP contribution in [0.4, 0.5) is 0 Å². The largest absolute Gasteiger partial charge is 0.0845 e. The average Bonchev–Trinajstić information content (AvgIpc) is 2.74. The van der Waals surface area contributed by atoms with Crippen LogP contribution in [0.1, 0.15) is 71.1 Å². The highest BCUT2D eigenvalue weighted by Gasteiger charge is 1.90. The van der Waals surface area contributed by atoms with Gasteiger partial charge in [-0.25, -0.2) is 0 Å². The SMILES string of the molecule is [CH]=C/C=C/C=C/C=C/C=C/C=C/C=C/C=C/C=C/CCCCCCCCCCC. The number of allylic oxidation sites excluding steroid dienone is 17. The first kappa shape index (κ1) is 26.7. The summed E-state index contributed by atoms with van der Waals surface area (Å²) in [4.78, 5) is 0. The second-order valence-electron chi connectivity index (χ2n) is 6.93. The molecule has 29 heavy (non-hydrogen) atoms. The van der Waals surface area contributed by atoms with Crippen molar-refractivity contribution < 1.29 is 0 Å². The highest BCUT2D eigenvalue weighted by molar-refractivity contribution is 5.21. The molecule has 0 nitrogen and oxygen atoms in total. The zero-order chi connectivity index (χ0) is 21.1. The van der Waals surface area contributed by atoms with Crippen LogP contribution >= 0.6 is 0 Å². The first-order chi connectivity index (χ1) is 14.4. The molecule has 0 saturated carbocycles. The lowest BCUT2D eigenvalue weighted by Crippen LogP contribution is -1.80. The van der Waals surface area contributed by atoms with Crippen molar-refractivity contribution in [3.63, 3.8) is 0 Å². The monoisotopic (exact) mass is 389 g/mol. The van der Waals surface area contributed by atoms with Gasteiger partial charge in [0.1, 0.15) is 0 Å². The van der Waals surface area contributed by atoms with Crippen molar-refractivity contribution in [2.24, 2.45) is 0 Å². The molecule has 0 aromatic rings. The molecule has 0 bridgehead atoms. The van der Waals surface area contributed by atoms with Crippen LogP contribution in [0, 0.1) is 6.58 Å². The lowest BCUT2D eigenvalue weighted by atomic mass is 10.1. The Labute approximate surface area is 181 Å². The lowest BCUT2D eigenvalue weighted by molar-refractivity contribution is 0.566. The maximum absolute atomic E-state index is 5.23. The quantitative estimate of drug-likeness (QED) is 0.162. The van der Waals surface area contributed by atoms with E-state index in [1.165, 1.54) is 70.3 Å². The molecule has 1 radical (unpaired) electrons. The van der Waals surface area contributed by atoms with E-state index in [9.17, 15) is 0 Å². The van der Waals surface area contributed by atoms with Gasteiger partial charge >= 0.3 is 0 Å². The highest BCUT2D eigenvalue weighted by atomic mass is 14.0. The summed E-state index contributed by atoms with van der Waals surface area (Å²) in [6.45, 7) is 7.51. The van der Waals surface area contributed by atoms with Crippen molar-refractivity contribution in [3.8, 4) is 0 Å². The summed E-state index contributed by atoms with van der Waals surface area (Å²) in [5.41, 5.74) is 0. The van der Waals surface area contributed by atoms with E-state index in [4.69, 9.17) is 6.58 Å². The van der Waals surface area contributed by atoms with Gasteiger partial charge in [0.25, 0.3) is 0 Å². The Morgan fingerprint density at radius 2 is 0.759 bits per heavy atom. The Morgan fingerprint density at radius 3 is 1.17 bits per heavy atom. The van der Waals surface area contributed by atoms with Crippen LogP contribution in [0.5, 0.6) is 0 Å². The minimum Gasteiger partial charge on any atom is -0.0845 e. The molecule has 0 atom stereocenters. The molecular formula is C29H41. The molecule has 0 aromatic carbocycles. The molecule has 0 aliphatic carbocycles. The molecule has 0 N–H and O–H groups in total. The van der Waals surface area contributed by atoms with Crippen LogP contribution in [0.3, 0.4) is 0 Å². The van der Waals surface area contributed by atoms with Crippen molar-refractivity contribution in [1.29, 1.82) is 0 Å². The molecule has 157 valence electrons. The fourth-order valence-electron chi connectivity index (χ4n) is 2.65. The van der Waals surface area contributed by atoms with Crippen molar-refractivity contribution >= 4 is 0 Å². The Balaban J connectivity index is 3.59. The van der Waals surface area contributed by atoms with Crippen LogP contribution < -0.4 is 0 Å². The smallest absolute Gasteiger partial charge is 0.0348 e. The molecule has 0 amide bonds. The van der Waals surface area contributed by atoms with E-state index in [1.807, 2.05) is 66.8 Å². The molecule has 0 aliphatic heterocycles. The molecule has 0 spiro atoms. The highest BCUT2D eigenvalue weighted by Crippen LogP contribution is 2.10. The van der Waals surface area contributed by atoms with Crippen molar-refractivity contribution in [2.45, 2.75) is 71.1 Å². The average molecular weight is 390 g/mol. The summed E-state index contributed by atoms with van der Waals surface area (Å²) in [6.07, 6.45) is 47.5. The zero-order valence-electron chi connectivity index (χ0n) is 18.5. The van der Waals surface area contributed by atoms with Crippen LogP contribution in [0.15, 0.2) is 103 Å². The van der Waals surface area contributed by atoms with Crippen LogP contribution in [-0.4, -0.2) is 0 Å². The summed E-state index contributed by atoms with van der Waals surface area (Å²) in [6, 6.07) is 0. The summed E-state index contributed by atoms with van der Waals surface area (Å²) < 4.78 is 0. The van der Waals surface area contributed by atoms with E-state index < -0.39 is 0 Å². The van der Waals surface area contributed by atoms with Crippen molar-refractivity contribution in [2.75, 3.05) is 0 Å². The third-order valence-corrected chi connectivity index (χ3v) is 4.28. The fraction of sp³-hybridized carbons (Fsp3) is 0.379. The number of hydrogen-bond acceptors (Lipinski definition) is 0. The van der Waals surface area contributed by atoms with E-state index in [-0.39, 0.29) is 0 Å². The third-order valence-electron chi connectivity index (χ3n) is 4.28. The summed E-state index contributed by atoms with van der Waals surface area (Å²) >= 11 is 0. The number of rotatable bonds is 18. The van der Waals surface area contributed by atoms with E-state index in [1.54, 1.807) is 6.08 Å². The predicted molar refractivity (Wildman–Crippen MR) is 134 cm³/mol. The van der Waals surface area contributed by atoms with E-state index in [2.05, 4.69) is 31.2 Å². The lowest BCUT2D eigenvalue weighted by Gasteiger charge is -2.00. The normalized spacial score (nSPS) is 13.4. The van der Waals surface area contributed by atoms with E-state index in [0.717, 1.165) is 0 Å². The van der Waals surface area contributed by atoms with Crippen molar-refractivity contribution in [1.82, 2.24) is 0 Å². The maximum Gasteiger partial charge on any atom is -0.0348 e. The molecule has 0 rings (SSSR count). The summed E-state index contributed by atoms with van der Waals surface area (Å²) in [5.74, 6) is 0. The fourth-order valence-corrected chi connectivity index (χ4v) is 2.65. The van der Waals surface area contributed by atoms with Gasteiger partial charge < -0.3 is 0 Å². The Hall–Kier alpha value is -2.34. The van der Waals surface area contributed by atoms with Crippen LogP contribution in [0.2, 0.25) is 0 Å². The van der Waals surface area contributed by atoms with E-state index >= 15 is 0 Å². The maximum atomic E-state index is 5.23. The number of hydrogen-bond donors (Lipinski definition) is 0. The molecule has 0 heteroatoms. The van der Waals surface area contributed by atoms with Gasteiger partial charge in [0.2, 0.25) is 0 Å². The van der Waals surface area contributed by atoms with Gasteiger partial charge in [-0.15, -0.1) is 0 Å². The van der Waals surface area contributed by atoms with Crippen molar-refractivity contribution in [3.05, 3.63) is 110 Å². The summed E-state index contributed by atoms with van der Waals surface area (Å²) in [5, 5.41) is 0. The molecular weight excluding hydrogens is 348 g/mol. The minimum atomic E-state index is 1.19. The predicted octanol–water partition coefficient (Wildman–Crippen LogP) is 9.35. The summed E-state index contributed by atoms with van der Waals surface area (Å²) in [7, 11) is 0. The first-order valence-corrected chi connectivity index (χ1v) is 11.3. The third kappa shape index (κ3) is 25.7.